The standard InChI is InChI=1S/C14H20FNO2S/c1-2-19(17,18)16-10-4-3-5-13(11-16)12-6-8-14(15)9-7-12/h6-9,13H,2-5,10-11H2,1H3/t13-/m1/s1. The predicted molar refractivity (Wildman–Crippen MR) is 74.0 cm³/mol. The molecule has 106 valence electrons. The van der Waals surface area contributed by atoms with Gasteiger partial charge >= 0.3 is 0 Å². The van der Waals surface area contributed by atoms with Crippen LogP contribution >= 0.6 is 0 Å². The summed E-state index contributed by atoms with van der Waals surface area (Å²) in [5.74, 6) is 0.0585. The molecule has 1 heterocycles. The summed E-state index contributed by atoms with van der Waals surface area (Å²) in [7, 11) is -3.13. The Morgan fingerprint density at radius 2 is 1.95 bits per heavy atom. The van der Waals surface area contributed by atoms with Crippen molar-refractivity contribution in [2.75, 3.05) is 18.8 Å². The van der Waals surface area contributed by atoms with E-state index in [0.717, 1.165) is 24.8 Å². The van der Waals surface area contributed by atoms with Crippen LogP contribution in [0.15, 0.2) is 24.3 Å². The summed E-state index contributed by atoms with van der Waals surface area (Å²) in [6, 6.07) is 6.42. The first-order valence-electron chi connectivity index (χ1n) is 6.76. The highest BCUT2D eigenvalue weighted by Crippen LogP contribution is 2.27. The fourth-order valence-corrected chi connectivity index (χ4v) is 3.73. The third kappa shape index (κ3) is 3.54. The molecule has 1 aliphatic rings. The van der Waals surface area contributed by atoms with Crippen LogP contribution in [-0.4, -0.2) is 31.6 Å². The Balaban J connectivity index is 2.19. The monoisotopic (exact) mass is 285 g/mol. The molecule has 1 fully saturated rings. The van der Waals surface area contributed by atoms with Crippen molar-refractivity contribution in [1.82, 2.24) is 4.31 Å². The molecule has 0 unspecified atom stereocenters. The zero-order chi connectivity index (χ0) is 13.9. The van der Waals surface area contributed by atoms with Gasteiger partial charge < -0.3 is 0 Å². The summed E-state index contributed by atoms with van der Waals surface area (Å²) in [5.41, 5.74) is 1.03. The lowest BCUT2D eigenvalue weighted by molar-refractivity contribution is 0.407. The molecule has 1 aromatic rings. The maximum absolute atomic E-state index is 12.9. The van der Waals surface area contributed by atoms with E-state index in [0.29, 0.717) is 13.1 Å². The van der Waals surface area contributed by atoms with Crippen LogP contribution in [0.3, 0.4) is 0 Å². The minimum Gasteiger partial charge on any atom is -0.212 e. The Morgan fingerprint density at radius 1 is 1.26 bits per heavy atom. The van der Waals surface area contributed by atoms with Crippen molar-refractivity contribution in [2.45, 2.75) is 32.1 Å². The Labute approximate surface area is 114 Å². The van der Waals surface area contributed by atoms with E-state index in [9.17, 15) is 12.8 Å². The number of hydrogen-bond acceptors (Lipinski definition) is 2. The van der Waals surface area contributed by atoms with Crippen molar-refractivity contribution in [3.63, 3.8) is 0 Å². The van der Waals surface area contributed by atoms with Crippen molar-refractivity contribution in [3.8, 4) is 0 Å². The van der Waals surface area contributed by atoms with E-state index in [-0.39, 0.29) is 17.5 Å². The van der Waals surface area contributed by atoms with E-state index < -0.39 is 10.0 Å². The highest BCUT2D eigenvalue weighted by atomic mass is 32.2. The minimum atomic E-state index is -3.13. The molecule has 2 rings (SSSR count). The van der Waals surface area contributed by atoms with Crippen LogP contribution in [-0.2, 0) is 10.0 Å². The Kier molecular flexibility index (Phi) is 4.58. The Hall–Kier alpha value is -0.940. The molecular weight excluding hydrogens is 265 g/mol. The number of nitrogens with zero attached hydrogens (tertiary/aromatic N) is 1. The largest absolute Gasteiger partial charge is 0.213 e. The summed E-state index contributed by atoms with van der Waals surface area (Å²) >= 11 is 0. The van der Waals surface area contributed by atoms with Gasteiger partial charge in [0, 0.05) is 13.1 Å². The molecule has 1 saturated heterocycles. The quantitative estimate of drug-likeness (QED) is 0.856. The van der Waals surface area contributed by atoms with Crippen LogP contribution < -0.4 is 0 Å². The first-order valence-corrected chi connectivity index (χ1v) is 8.37. The number of hydrogen-bond donors (Lipinski definition) is 0. The molecule has 0 saturated carbocycles. The van der Waals surface area contributed by atoms with Crippen molar-refractivity contribution >= 4 is 10.0 Å². The van der Waals surface area contributed by atoms with Gasteiger partial charge in [0.1, 0.15) is 5.82 Å². The number of benzene rings is 1. The fraction of sp³-hybridized carbons (Fsp3) is 0.571. The van der Waals surface area contributed by atoms with E-state index in [2.05, 4.69) is 0 Å². The van der Waals surface area contributed by atoms with E-state index >= 15 is 0 Å². The normalized spacial score (nSPS) is 22.1. The van der Waals surface area contributed by atoms with Gasteiger partial charge in [-0.1, -0.05) is 18.6 Å². The molecular formula is C14H20FNO2S. The van der Waals surface area contributed by atoms with Crippen molar-refractivity contribution in [3.05, 3.63) is 35.6 Å². The lowest BCUT2D eigenvalue weighted by atomic mass is 9.95. The zero-order valence-corrected chi connectivity index (χ0v) is 12.0. The Morgan fingerprint density at radius 3 is 2.58 bits per heavy atom. The summed E-state index contributed by atoms with van der Waals surface area (Å²) < 4.78 is 38.5. The van der Waals surface area contributed by atoms with Crippen LogP contribution in [0.1, 0.15) is 37.7 Å². The van der Waals surface area contributed by atoms with Gasteiger partial charge in [-0.3, -0.25) is 0 Å². The first kappa shape index (κ1) is 14.5. The molecule has 1 aromatic carbocycles. The number of halogens is 1. The smallest absolute Gasteiger partial charge is 0.212 e. The third-order valence-electron chi connectivity index (χ3n) is 3.73. The van der Waals surface area contributed by atoms with Gasteiger partial charge in [-0.25, -0.2) is 17.1 Å². The van der Waals surface area contributed by atoms with Gasteiger partial charge in [-0.05, 0) is 43.4 Å². The molecule has 0 aromatic heterocycles. The molecule has 3 nitrogen and oxygen atoms in total. The summed E-state index contributed by atoms with van der Waals surface area (Å²) in [5, 5.41) is 0. The predicted octanol–water partition coefficient (Wildman–Crippen LogP) is 2.74. The highest BCUT2D eigenvalue weighted by Gasteiger charge is 2.26. The maximum Gasteiger partial charge on any atom is 0.213 e. The maximum atomic E-state index is 12.9. The minimum absolute atomic E-state index is 0.142. The second-order valence-electron chi connectivity index (χ2n) is 5.00. The molecule has 0 amide bonds. The van der Waals surface area contributed by atoms with E-state index in [1.165, 1.54) is 12.1 Å². The van der Waals surface area contributed by atoms with E-state index in [1.807, 2.05) is 0 Å². The molecule has 0 N–H and O–H groups in total. The second-order valence-corrected chi connectivity index (χ2v) is 7.26. The topological polar surface area (TPSA) is 37.4 Å². The zero-order valence-electron chi connectivity index (χ0n) is 11.2. The summed E-state index contributed by atoms with van der Waals surface area (Å²) in [4.78, 5) is 0. The fourth-order valence-electron chi connectivity index (χ4n) is 2.55. The highest BCUT2D eigenvalue weighted by molar-refractivity contribution is 7.89. The van der Waals surface area contributed by atoms with Crippen molar-refractivity contribution < 1.29 is 12.8 Å². The average Bonchev–Trinajstić information content (AvgIpc) is 2.66. The van der Waals surface area contributed by atoms with Crippen LogP contribution in [0.25, 0.3) is 0 Å². The van der Waals surface area contributed by atoms with Gasteiger partial charge in [0.2, 0.25) is 10.0 Å². The van der Waals surface area contributed by atoms with Gasteiger partial charge in [0.25, 0.3) is 0 Å². The third-order valence-corrected chi connectivity index (χ3v) is 5.58. The molecule has 19 heavy (non-hydrogen) atoms. The molecule has 1 atom stereocenters. The summed E-state index contributed by atoms with van der Waals surface area (Å²) in [6.45, 7) is 2.79. The van der Waals surface area contributed by atoms with Crippen molar-refractivity contribution in [2.24, 2.45) is 0 Å². The van der Waals surface area contributed by atoms with Gasteiger partial charge in [0.15, 0.2) is 0 Å². The van der Waals surface area contributed by atoms with Crippen LogP contribution in [0, 0.1) is 5.82 Å². The van der Waals surface area contributed by atoms with E-state index in [4.69, 9.17) is 0 Å². The van der Waals surface area contributed by atoms with Gasteiger partial charge in [-0.2, -0.15) is 0 Å². The molecule has 0 radical (unpaired) electrons. The van der Waals surface area contributed by atoms with Crippen LogP contribution in [0.4, 0.5) is 4.39 Å². The lowest BCUT2D eigenvalue weighted by Crippen LogP contribution is -2.35. The number of rotatable bonds is 3. The molecule has 0 aliphatic carbocycles. The summed E-state index contributed by atoms with van der Waals surface area (Å²) in [6.07, 6.45) is 2.87. The second kappa shape index (κ2) is 6.01. The molecule has 5 heteroatoms. The first-order chi connectivity index (χ1) is 9.03. The van der Waals surface area contributed by atoms with E-state index in [1.54, 1.807) is 23.4 Å². The number of sulfonamides is 1. The van der Waals surface area contributed by atoms with Crippen molar-refractivity contribution in [1.29, 1.82) is 0 Å². The van der Waals surface area contributed by atoms with Gasteiger partial charge in [-0.15, -0.1) is 0 Å². The van der Waals surface area contributed by atoms with Crippen LogP contribution in [0.5, 0.6) is 0 Å². The SMILES string of the molecule is CCS(=O)(=O)N1CCCC[C@@H](c2ccc(F)cc2)C1. The van der Waals surface area contributed by atoms with Gasteiger partial charge in [0.05, 0.1) is 5.75 Å². The molecule has 0 bridgehead atoms. The average molecular weight is 285 g/mol. The Bertz CT molecular complexity index is 513. The molecule has 1 aliphatic heterocycles. The molecule has 0 spiro atoms. The van der Waals surface area contributed by atoms with Crippen LogP contribution in [0.2, 0.25) is 0 Å². The lowest BCUT2D eigenvalue weighted by Gasteiger charge is -2.23.